The van der Waals surface area contributed by atoms with E-state index in [0.717, 1.165) is 25.7 Å². The fraction of sp³-hybridized carbons (Fsp3) is 0.400. The van der Waals surface area contributed by atoms with E-state index in [2.05, 4.69) is 10.6 Å². The van der Waals surface area contributed by atoms with Crippen molar-refractivity contribution >= 4 is 0 Å². The van der Waals surface area contributed by atoms with Crippen molar-refractivity contribution in [1.29, 1.82) is 0 Å². The molecule has 1 aliphatic rings. The molecule has 2 atom stereocenters. The molecule has 6 heteroatoms. The quantitative estimate of drug-likeness (QED) is 0.444. The Morgan fingerprint density at radius 2 is 1.12 bits per heavy atom. The average Bonchev–Trinajstić information content (AvgIpc) is 2.64. The maximum Gasteiger partial charge on any atom is 0.120 e. The van der Waals surface area contributed by atoms with Gasteiger partial charge in [0, 0.05) is 36.3 Å². The lowest BCUT2D eigenvalue weighted by molar-refractivity contribution is 0.279. The summed E-state index contributed by atoms with van der Waals surface area (Å²) in [5.74, 6) is 0.607. The molecule has 2 aromatic rings. The third-order valence-corrected chi connectivity index (χ3v) is 5.00. The zero-order valence-electron chi connectivity index (χ0n) is 14.7. The van der Waals surface area contributed by atoms with Crippen LogP contribution in [0, 0.1) is 0 Å². The summed E-state index contributed by atoms with van der Waals surface area (Å²) in [5, 5.41) is 46.0. The van der Waals surface area contributed by atoms with Gasteiger partial charge in [0.1, 0.15) is 23.0 Å². The maximum absolute atomic E-state index is 9.92. The highest BCUT2D eigenvalue weighted by Gasteiger charge is 2.24. The first kappa shape index (κ1) is 18.4. The molecule has 0 saturated heterocycles. The van der Waals surface area contributed by atoms with Crippen LogP contribution in [0.15, 0.2) is 36.4 Å². The molecule has 3 rings (SSSR count). The molecule has 1 saturated carbocycles. The Hall–Kier alpha value is -2.44. The number of benzene rings is 2. The van der Waals surface area contributed by atoms with Gasteiger partial charge in [-0.05, 0) is 49.2 Å². The van der Waals surface area contributed by atoms with E-state index in [0.29, 0.717) is 24.2 Å². The summed E-state index contributed by atoms with van der Waals surface area (Å²) in [6, 6.07) is 9.50. The van der Waals surface area contributed by atoms with Crippen molar-refractivity contribution < 1.29 is 20.4 Å². The summed E-state index contributed by atoms with van der Waals surface area (Å²) in [6.07, 6.45) is 4.31. The van der Waals surface area contributed by atoms with E-state index in [9.17, 15) is 20.4 Å². The van der Waals surface area contributed by atoms with E-state index >= 15 is 0 Å². The lowest BCUT2D eigenvalue weighted by Gasteiger charge is -2.33. The van der Waals surface area contributed by atoms with Gasteiger partial charge in [-0.25, -0.2) is 0 Å². The van der Waals surface area contributed by atoms with Crippen LogP contribution < -0.4 is 10.6 Å². The lowest BCUT2D eigenvalue weighted by atomic mass is 9.90. The highest BCUT2D eigenvalue weighted by Crippen LogP contribution is 2.25. The molecular weight excluding hydrogens is 332 g/mol. The lowest BCUT2D eigenvalue weighted by Crippen LogP contribution is -2.49. The van der Waals surface area contributed by atoms with Crippen LogP contribution in [-0.2, 0) is 13.1 Å². The minimum Gasteiger partial charge on any atom is -0.508 e. The zero-order valence-corrected chi connectivity index (χ0v) is 14.7. The van der Waals surface area contributed by atoms with Crippen LogP contribution in [0.1, 0.15) is 36.8 Å². The number of rotatable bonds is 6. The number of phenols is 4. The first-order chi connectivity index (χ1) is 12.5. The van der Waals surface area contributed by atoms with E-state index in [1.165, 1.54) is 24.3 Å². The fourth-order valence-electron chi connectivity index (χ4n) is 3.53. The molecule has 0 aromatic heterocycles. The van der Waals surface area contributed by atoms with Crippen molar-refractivity contribution in [3.8, 4) is 23.0 Å². The molecular formula is C20H26N2O4. The standard InChI is InChI=1S/C20H26N2O4/c23-15-5-7-19(25)13(9-15)11-21-17-3-1-2-4-18(17)22-12-14-10-16(24)6-8-20(14)26/h5-10,17-18,21-26H,1-4,11-12H2/t17-,18-/m1/s1. The number of hydrogen-bond donors (Lipinski definition) is 6. The molecule has 0 amide bonds. The van der Waals surface area contributed by atoms with Crippen molar-refractivity contribution in [2.75, 3.05) is 0 Å². The summed E-state index contributed by atoms with van der Waals surface area (Å²) in [7, 11) is 0. The Morgan fingerprint density at radius 3 is 1.54 bits per heavy atom. The molecule has 6 N–H and O–H groups in total. The molecule has 140 valence electrons. The number of aromatic hydroxyl groups is 4. The number of hydrogen-bond acceptors (Lipinski definition) is 6. The van der Waals surface area contributed by atoms with Gasteiger partial charge < -0.3 is 31.1 Å². The molecule has 0 aliphatic heterocycles. The van der Waals surface area contributed by atoms with Crippen LogP contribution in [0.3, 0.4) is 0 Å². The van der Waals surface area contributed by atoms with Gasteiger partial charge in [0.05, 0.1) is 0 Å². The molecule has 0 bridgehead atoms. The fourth-order valence-corrected chi connectivity index (χ4v) is 3.53. The van der Waals surface area contributed by atoms with Gasteiger partial charge in [-0.2, -0.15) is 0 Å². The highest BCUT2D eigenvalue weighted by atomic mass is 16.3. The summed E-state index contributed by atoms with van der Waals surface area (Å²) in [5.41, 5.74) is 1.33. The van der Waals surface area contributed by atoms with Crippen LogP contribution in [0.2, 0.25) is 0 Å². The smallest absolute Gasteiger partial charge is 0.120 e. The SMILES string of the molecule is Oc1ccc(O)c(CN[C@@H]2CCCC[C@H]2NCc2cc(O)ccc2O)c1. The maximum atomic E-state index is 9.92. The predicted molar refractivity (Wildman–Crippen MR) is 99.3 cm³/mol. The molecule has 6 nitrogen and oxygen atoms in total. The second-order valence-corrected chi connectivity index (χ2v) is 6.89. The Kier molecular flexibility index (Phi) is 5.85. The van der Waals surface area contributed by atoms with E-state index in [-0.39, 0.29) is 35.1 Å². The van der Waals surface area contributed by atoms with Crippen LogP contribution in [-0.4, -0.2) is 32.5 Å². The summed E-state index contributed by atoms with van der Waals surface area (Å²) in [6.45, 7) is 0.945. The zero-order chi connectivity index (χ0) is 18.5. The summed E-state index contributed by atoms with van der Waals surface area (Å²) in [4.78, 5) is 0. The van der Waals surface area contributed by atoms with E-state index in [4.69, 9.17) is 0 Å². The number of phenolic OH excluding ortho intramolecular Hbond substituents is 4. The predicted octanol–water partition coefficient (Wildman–Crippen LogP) is 2.70. The monoisotopic (exact) mass is 358 g/mol. The molecule has 0 heterocycles. The first-order valence-electron chi connectivity index (χ1n) is 9.01. The summed E-state index contributed by atoms with van der Waals surface area (Å²) < 4.78 is 0. The van der Waals surface area contributed by atoms with Gasteiger partial charge in [0.15, 0.2) is 0 Å². The van der Waals surface area contributed by atoms with E-state index in [1.54, 1.807) is 12.1 Å². The Morgan fingerprint density at radius 1 is 0.692 bits per heavy atom. The molecule has 0 unspecified atom stereocenters. The minimum absolute atomic E-state index is 0.136. The minimum atomic E-state index is 0.136. The van der Waals surface area contributed by atoms with Crippen molar-refractivity contribution in [2.45, 2.75) is 50.9 Å². The molecule has 0 radical (unpaired) electrons. The second-order valence-electron chi connectivity index (χ2n) is 6.89. The third-order valence-electron chi connectivity index (χ3n) is 5.00. The normalized spacial score (nSPS) is 20.2. The molecule has 1 aliphatic carbocycles. The van der Waals surface area contributed by atoms with Crippen molar-refractivity contribution in [3.63, 3.8) is 0 Å². The molecule has 2 aromatic carbocycles. The largest absolute Gasteiger partial charge is 0.508 e. The van der Waals surface area contributed by atoms with Crippen LogP contribution >= 0.6 is 0 Å². The van der Waals surface area contributed by atoms with Crippen LogP contribution in [0.4, 0.5) is 0 Å². The average molecular weight is 358 g/mol. The van der Waals surface area contributed by atoms with Gasteiger partial charge in [-0.15, -0.1) is 0 Å². The highest BCUT2D eigenvalue weighted by molar-refractivity contribution is 5.39. The van der Waals surface area contributed by atoms with Gasteiger partial charge in [-0.3, -0.25) is 0 Å². The van der Waals surface area contributed by atoms with Gasteiger partial charge >= 0.3 is 0 Å². The Balaban J connectivity index is 1.60. The van der Waals surface area contributed by atoms with E-state index in [1.807, 2.05) is 0 Å². The molecule has 0 spiro atoms. The topological polar surface area (TPSA) is 105 Å². The van der Waals surface area contributed by atoms with Crippen LogP contribution in [0.5, 0.6) is 23.0 Å². The van der Waals surface area contributed by atoms with Gasteiger partial charge in [-0.1, -0.05) is 12.8 Å². The number of nitrogens with one attached hydrogen (secondary N) is 2. The van der Waals surface area contributed by atoms with Crippen molar-refractivity contribution in [1.82, 2.24) is 10.6 Å². The first-order valence-corrected chi connectivity index (χ1v) is 9.01. The Labute approximate surface area is 153 Å². The third kappa shape index (κ3) is 4.59. The van der Waals surface area contributed by atoms with Gasteiger partial charge in [0.25, 0.3) is 0 Å². The Bertz CT molecular complexity index is 687. The van der Waals surface area contributed by atoms with Crippen molar-refractivity contribution in [2.24, 2.45) is 0 Å². The molecule has 26 heavy (non-hydrogen) atoms. The van der Waals surface area contributed by atoms with Gasteiger partial charge in [0.2, 0.25) is 0 Å². The van der Waals surface area contributed by atoms with Crippen LogP contribution in [0.25, 0.3) is 0 Å². The second kappa shape index (κ2) is 8.29. The molecule has 1 fully saturated rings. The summed E-state index contributed by atoms with van der Waals surface area (Å²) >= 11 is 0. The van der Waals surface area contributed by atoms with E-state index < -0.39 is 0 Å². The van der Waals surface area contributed by atoms with Crippen molar-refractivity contribution in [3.05, 3.63) is 47.5 Å².